The lowest BCUT2D eigenvalue weighted by atomic mass is 10.1. The maximum Gasteiger partial charge on any atom is 0.255 e. The Labute approximate surface area is 176 Å². The molecule has 0 fully saturated rings. The van der Waals surface area contributed by atoms with Crippen LogP contribution in [0.2, 0.25) is 0 Å². The van der Waals surface area contributed by atoms with Crippen molar-refractivity contribution < 1.29 is 14.3 Å². The Bertz CT molecular complexity index is 1080. The van der Waals surface area contributed by atoms with Crippen LogP contribution in [0.1, 0.15) is 26.3 Å². The summed E-state index contributed by atoms with van der Waals surface area (Å²) >= 11 is 0. The molecule has 0 saturated carbocycles. The molecule has 0 saturated heterocycles. The van der Waals surface area contributed by atoms with Crippen molar-refractivity contribution in [3.8, 4) is 5.75 Å². The molecule has 0 heterocycles. The summed E-state index contributed by atoms with van der Waals surface area (Å²) in [6.07, 6.45) is 0. The van der Waals surface area contributed by atoms with Crippen LogP contribution in [0.25, 0.3) is 0 Å². The first kappa shape index (κ1) is 20.9. The molecule has 2 N–H and O–H groups in total. The number of aryl methyl sites for hydroxylation is 1. The number of ether oxygens (including phenoxy) is 1. The third-order valence-electron chi connectivity index (χ3n) is 4.71. The molecule has 0 aliphatic carbocycles. The van der Waals surface area contributed by atoms with E-state index >= 15 is 0 Å². The van der Waals surface area contributed by atoms with E-state index in [2.05, 4.69) is 10.6 Å². The highest BCUT2D eigenvalue weighted by Gasteiger charge is 2.14. The lowest BCUT2D eigenvalue weighted by Gasteiger charge is -2.18. The number of anilines is 3. The molecular weight excluding hydrogens is 378 g/mol. The number of para-hydroxylation sites is 2. The molecule has 0 aliphatic heterocycles. The fourth-order valence-corrected chi connectivity index (χ4v) is 3.02. The lowest BCUT2D eigenvalue weighted by molar-refractivity contribution is 0.101. The predicted molar refractivity (Wildman–Crippen MR) is 121 cm³/mol. The van der Waals surface area contributed by atoms with Crippen LogP contribution in [0.3, 0.4) is 0 Å². The maximum absolute atomic E-state index is 12.8. The van der Waals surface area contributed by atoms with Crippen LogP contribution < -0.4 is 20.3 Å². The van der Waals surface area contributed by atoms with Gasteiger partial charge in [-0.3, -0.25) is 9.59 Å². The standard InChI is InChI=1S/C24H25N3O3/c1-16-12-13-18(24(29)25-20-10-5-6-11-22(20)27(2)3)15-21(16)26-23(28)17-8-7-9-19(14-17)30-4/h5-15H,1-4H3,(H,25,29)(H,26,28). The van der Waals surface area contributed by atoms with Crippen LogP contribution in [-0.4, -0.2) is 33.0 Å². The van der Waals surface area contributed by atoms with Gasteiger partial charge in [-0.2, -0.15) is 0 Å². The van der Waals surface area contributed by atoms with Gasteiger partial charge < -0.3 is 20.3 Å². The normalized spacial score (nSPS) is 10.3. The van der Waals surface area contributed by atoms with Crippen molar-refractivity contribution in [2.75, 3.05) is 36.7 Å². The zero-order valence-electron chi connectivity index (χ0n) is 17.5. The second-order valence-electron chi connectivity index (χ2n) is 7.08. The van der Waals surface area contributed by atoms with Gasteiger partial charge in [0.25, 0.3) is 11.8 Å². The largest absolute Gasteiger partial charge is 0.497 e. The maximum atomic E-state index is 12.8. The number of carbonyl (C=O) groups is 2. The average molecular weight is 403 g/mol. The summed E-state index contributed by atoms with van der Waals surface area (Å²) in [4.78, 5) is 27.4. The zero-order chi connectivity index (χ0) is 21.7. The first-order valence-electron chi connectivity index (χ1n) is 9.53. The van der Waals surface area contributed by atoms with Gasteiger partial charge >= 0.3 is 0 Å². The highest BCUT2D eigenvalue weighted by molar-refractivity contribution is 6.08. The number of benzene rings is 3. The van der Waals surface area contributed by atoms with E-state index in [0.29, 0.717) is 22.6 Å². The van der Waals surface area contributed by atoms with E-state index in [-0.39, 0.29) is 11.8 Å². The monoisotopic (exact) mass is 403 g/mol. The van der Waals surface area contributed by atoms with Gasteiger partial charge in [0.05, 0.1) is 18.5 Å². The van der Waals surface area contributed by atoms with Crippen molar-refractivity contribution in [2.45, 2.75) is 6.92 Å². The average Bonchev–Trinajstić information content (AvgIpc) is 2.75. The number of nitrogens with one attached hydrogen (secondary N) is 2. The topological polar surface area (TPSA) is 70.7 Å². The molecule has 0 spiro atoms. The molecule has 2 amide bonds. The minimum absolute atomic E-state index is 0.249. The van der Waals surface area contributed by atoms with E-state index in [1.165, 1.54) is 0 Å². The van der Waals surface area contributed by atoms with Gasteiger partial charge in [-0.25, -0.2) is 0 Å². The van der Waals surface area contributed by atoms with Crippen LogP contribution in [-0.2, 0) is 0 Å². The highest BCUT2D eigenvalue weighted by Crippen LogP contribution is 2.25. The third-order valence-corrected chi connectivity index (χ3v) is 4.71. The second kappa shape index (κ2) is 9.13. The number of carbonyl (C=O) groups excluding carboxylic acids is 2. The summed E-state index contributed by atoms with van der Waals surface area (Å²) in [5, 5.41) is 5.83. The van der Waals surface area contributed by atoms with E-state index in [9.17, 15) is 9.59 Å². The Morgan fingerprint density at radius 3 is 2.17 bits per heavy atom. The van der Waals surface area contributed by atoms with Gasteiger partial charge in [-0.15, -0.1) is 0 Å². The highest BCUT2D eigenvalue weighted by atomic mass is 16.5. The van der Waals surface area contributed by atoms with Crippen molar-refractivity contribution in [2.24, 2.45) is 0 Å². The molecule has 6 heteroatoms. The quantitative estimate of drug-likeness (QED) is 0.632. The molecule has 0 radical (unpaired) electrons. The van der Waals surface area contributed by atoms with Gasteiger partial charge in [-0.1, -0.05) is 24.3 Å². The fraction of sp³-hybridized carbons (Fsp3) is 0.167. The van der Waals surface area contributed by atoms with E-state index in [4.69, 9.17) is 4.74 Å². The number of nitrogens with zero attached hydrogens (tertiary/aromatic N) is 1. The predicted octanol–water partition coefficient (Wildman–Crippen LogP) is 4.57. The van der Waals surface area contributed by atoms with E-state index < -0.39 is 0 Å². The summed E-state index contributed by atoms with van der Waals surface area (Å²) in [6, 6.07) is 19.7. The first-order valence-corrected chi connectivity index (χ1v) is 9.53. The minimum atomic E-state index is -0.271. The summed E-state index contributed by atoms with van der Waals surface area (Å²) in [6.45, 7) is 1.88. The van der Waals surface area contributed by atoms with Gasteiger partial charge in [-0.05, 0) is 55.0 Å². The summed E-state index contributed by atoms with van der Waals surface area (Å²) in [5.41, 5.74) is 3.99. The molecule has 3 rings (SSSR count). The van der Waals surface area contributed by atoms with Crippen LogP contribution in [0.4, 0.5) is 17.1 Å². The Morgan fingerprint density at radius 2 is 1.47 bits per heavy atom. The number of methoxy groups -OCH3 is 1. The van der Waals surface area contributed by atoms with Gasteiger partial charge in [0.1, 0.15) is 5.75 Å². The number of hydrogen-bond donors (Lipinski definition) is 2. The van der Waals surface area contributed by atoms with Crippen molar-refractivity contribution >= 4 is 28.9 Å². The molecule has 30 heavy (non-hydrogen) atoms. The number of hydrogen-bond acceptors (Lipinski definition) is 4. The zero-order valence-corrected chi connectivity index (χ0v) is 17.5. The fourth-order valence-electron chi connectivity index (χ4n) is 3.02. The minimum Gasteiger partial charge on any atom is -0.497 e. The smallest absolute Gasteiger partial charge is 0.255 e. The molecule has 0 atom stereocenters. The molecule has 0 aromatic heterocycles. The van der Waals surface area contributed by atoms with Crippen molar-refractivity contribution in [3.63, 3.8) is 0 Å². The molecule has 0 unspecified atom stereocenters. The van der Waals surface area contributed by atoms with Gasteiger partial charge in [0.2, 0.25) is 0 Å². The van der Waals surface area contributed by atoms with Crippen LogP contribution in [0.5, 0.6) is 5.75 Å². The van der Waals surface area contributed by atoms with Crippen molar-refractivity contribution in [3.05, 3.63) is 83.4 Å². The first-order chi connectivity index (χ1) is 14.4. The van der Waals surface area contributed by atoms with Crippen LogP contribution in [0.15, 0.2) is 66.7 Å². The molecule has 3 aromatic rings. The van der Waals surface area contributed by atoms with E-state index in [1.54, 1.807) is 43.5 Å². The molecule has 154 valence electrons. The Hall–Kier alpha value is -3.80. The Kier molecular flexibility index (Phi) is 6.37. The molecule has 3 aromatic carbocycles. The molecule has 0 bridgehead atoms. The Morgan fingerprint density at radius 1 is 0.800 bits per heavy atom. The summed E-state index contributed by atoms with van der Waals surface area (Å²) in [7, 11) is 5.39. The van der Waals surface area contributed by atoms with Crippen molar-refractivity contribution in [1.82, 2.24) is 0 Å². The third kappa shape index (κ3) is 4.78. The summed E-state index contributed by atoms with van der Waals surface area (Å²) in [5.74, 6) is 0.0840. The Balaban J connectivity index is 1.81. The lowest BCUT2D eigenvalue weighted by Crippen LogP contribution is -2.17. The van der Waals surface area contributed by atoms with Crippen LogP contribution in [0, 0.1) is 6.92 Å². The molecule has 6 nitrogen and oxygen atoms in total. The van der Waals surface area contributed by atoms with E-state index in [1.807, 2.05) is 56.3 Å². The SMILES string of the molecule is COc1cccc(C(=O)Nc2cc(C(=O)Nc3ccccc3N(C)C)ccc2C)c1. The van der Waals surface area contributed by atoms with Gasteiger partial charge in [0.15, 0.2) is 0 Å². The molecular formula is C24H25N3O3. The van der Waals surface area contributed by atoms with Crippen LogP contribution >= 0.6 is 0 Å². The molecule has 0 aliphatic rings. The summed E-state index contributed by atoms with van der Waals surface area (Å²) < 4.78 is 5.18. The van der Waals surface area contributed by atoms with E-state index in [0.717, 1.165) is 16.9 Å². The van der Waals surface area contributed by atoms with Crippen molar-refractivity contribution in [1.29, 1.82) is 0 Å². The number of amides is 2. The number of rotatable bonds is 6. The van der Waals surface area contributed by atoms with Gasteiger partial charge in [0, 0.05) is 30.9 Å². The second-order valence-corrected chi connectivity index (χ2v) is 7.08.